The summed E-state index contributed by atoms with van der Waals surface area (Å²) < 4.78 is 0. The van der Waals surface area contributed by atoms with E-state index in [4.69, 9.17) is 5.73 Å². The molecule has 0 bridgehead atoms. The molecular formula is C13H16N4. The minimum atomic E-state index is 0.286. The van der Waals surface area contributed by atoms with Gasteiger partial charge in [-0.15, -0.1) is 0 Å². The van der Waals surface area contributed by atoms with Crippen molar-refractivity contribution in [2.45, 2.75) is 26.2 Å². The summed E-state index contributed by atoms with van der Waals surface area (Å²) in [6.45, 7) is 4.19. The summed E-state index contributed by atoms with van der Waals surface area (Å²) in [6.07, 6.45) is 0.984. The largest absolute Gasteiger partial charge is 0.368 e. The van der Waals surface area contributed by atoms with Crippen molar-refractivity contribution in [3.05, 3.63) is 36.2 Å². The molecule has 88 valence electrons. The Balaban J connectivity index is 2.45. The van der Waals surface area contributed by atoms with Gasteiger partial charge in [0.1, 0.15) is 5.82 Å². The summed E-state index contributed by atoms with van der Waals surface area (Å²) in [7, 11) is 0. The first-order valence-electron chi connectivity index (χ1n) is 5.77. The fourth-order valence-electron chi connectivity index (χ4n) is 1.53. The van der Waals surface area contributed by atoms with Gasteiger partial charge in [0.2, 0.25) is 5.95 Å². The van der Waals surface area contributed by atoms with Gasteiger partial charge in [0, 0.05) is 11.5 Å². The lowest BCUT2D eigenvalue weighted by Gasteiger charge is -2.09. The van der Waals surface area contributed by atoms with Crippen molar-refractivity contribution in [1.82, 2.24) is 15.0 Å². The van der Waals surface area contributed by atoms with Gasteiger partial charge in [-0.1, -0.05) is 44.2 Å². The standard InChI is InChI=1S/C13H16N4/c1-3-9(2)11-15-12(17-13(14)16-11)10-7-5-4-6-8-10/h4-9H,3H2,1-2H3,(H2,14,15,16,17). The minimum Gasteiger partial charge on any atom is -0.368 e. The van der Waals surface area contributed by atoms with E-state index in [9.17, 15) is 0 Å². The van der Waals surface area contributed by atoms with Gasteiger partial charge in [0.25, 0.3) is 0 Å². The lowest BCUT2D eigenvalue weighted by Crippen LogP contribution is -2.07. The predicted octanol–water partition coefficient (Wildman–Crippen LogP) is 2.63. The number of aromatic nitrogens is 3. The van der Waals surface area contributed by atoms with Crippen molar-refractivity contribution in [2.75, 3.05) is 5.73 Å². The monoisotopic (exact) mass is 228 g/mol. The van der Waals surface area contributed by atoms with Crippen LogP contribution in [0.4, 0.5) is 5.95 Å². The van der Waals surface area contributed by atoms with Crippen molar-refractivity contribution in [3.8, 4) is 11.4 Å². The molecule has 2 N–H and O–H groups in total. The third-order valence-corrected chi connectivity index (χ3v) is 2.76. The zero-order chi connectivity index (χ0) is 12.3. The maximum atomic E-state index is 5.73. The van der Waals surface area contributed by atoms with Crippen LogP contribution in [0.2, 0.25) is 0 Å². The molecule has 0 aliphatic rings. The van der Waals surface area contributed by atoms with Crippen LogP contribution in [0.3, 0.4) is 0 Å². The van der Waals surface area contributed by atoms with Crippen molar-refractivity contribution in [3.63, 3.8) is 0 Å². The number of benzene rings is 1. The summed E-state index contributed by atoms with van der Waals surface area (Å²) in [5.41, 5.74) is 6.69. The van der Waals surface area contributed by atoms with E-state index in [1.165, 1.54) is 0 Å². The highest BCUT2D eigenvalue weighted by atomic mass is 15.1. The van der Waals surface area contributed by atoms with E-state index in [-0.39, 0.29) is 5.95 Å². The second-order valence-corrected chi connectivity index (χ2v) is 4.05. The lowest BCUT2D eigenvalue weighted by molar-refractivity contribution is 0.675. The van der Waals surface area contributed by atoms with E-state index >= 15 is 0 Å². The number of hydrogen-bond donors (Lipinski definition) is 1. The zero-order valence-electron chi connectivity index (χ0n) is 10.1. The number of nitrogen functional groups attached to an aromatic ring is 1. The van der Waals surface area contributed by atoms with Crippen LogP contribution in [0.15, 0.2) is 30.3 Å². The van der Waals surface area contributed by atoms with Crippen LogP contribution in [0.1, 0.15) is 32.0 Å². The topological polar surface area (TPSA) is 64.7 Å². The molecule has 1 unspecified atom stereocenters. The summed E-state index contributed by atoms with van der Waals surface area (Å²) in [5.74, 6) is 1.99. The highest BCUT2D eigenvalue weighted by Gasteiger charge is 2.11. The van der Waals surface area contributed by atoms with Crippen molar-refractivity contribution in [1.29, 1.82) is 0 Å². The highest BCUT2D eigenvalue weighted by Crippen LogP contribution is 2.19. The van der Waals surface area contributed by atoms with Gasteiger partial charge in [-0.05, 0) is 6.42 Å². The molecule has 0 aliphatic heterocycles. The van der Waals surface area contributed by atoms with Crippen LogP contribution in [-0.4, -0.2) is 15.0 Å². The zero-order valence-corrected chi connectivity index (χ0v) is 10.1. The van der Waals surface area contributed by atoms with Crippen LogP contribution < -0.4 is 5.73 Å². The van der Waals surface area contributed by atoms with Crippen molar-refractivity contribution >= 4 is 5.95 Å². The SMILES string of the molecule is CCC(C)c1nc(N)nc(-c2ccccc2)n1. The number of nitrogens with two attached hydrogens (primary N) is 1. The average Bonchev–Trinajstić information content (AvgIpc) is 2.38. The smallest absolute Gasteiger partial charge is 0.223 e. The Morgan fingerprint density at radius 3 is 2.47 bits per heavy atom. The van der Waals surface area contributed by atoms with E-state index < -0.39 is 0 Å². The van der Waals surface area contributed by atoms with E-state index in [0.29, 0.717) is 11.7 Å². The Labute approximate surface area is 101 Å². The molecule has 0 spiro atoms. The number of anilines is 1. The molecule has 0 fully saturated rings. The summed E-state index contributed by atoms with van der Waals surface area (Å²) in [4.78, 5) is 12.8. The molecule has 0 radical (unpaired) electrons. The molecule has 2 aromatic rings. The number of hydrogen-bond acceptors (Lipinski definition) is 4. The fourth-order valence-corrected chi connectivity index (χ4v) is 1.53. The molecular weight excluding hydrogens is 212 g/mol. The Bertz CT molecular complexity index is 496. The van der Waals surface area contributed by atoms with E-state index in [2.05, 4.69) is 28.8 Å². The van der Waals surface area contributed by atoms with Gasteiger partial charge < -0.3 is 5.73 Å². The summed E-state index contributed by atoms with van der Waals surface area (Å²) in [6, 6.07) is 9.81. The minimum absolute atomic E-state index is 0.286. The first-order chi connectivity index (χ1) is 8.20. The van der Waals surface area contributed by atoms with Gasteiger partial charge in [-0.3, -0.25) is 0 Å². The van der Waals surface area contributed by atoms with Crippen LogP contribution in [0.25, 0.3) is 11.4 Å². The predicted molar refractivity (Wildman–Crippen MR) is 68.4 cm³/mol. The number of nitrogens with zero attached hydrogens (tertiary/aromatic N) is 3. The van der Waals surface area contributed by atoms with Gasteiger partial charge >= 0.3 is 0 Å². The van der Waals surface area contributed by atoms with Gasteiger partial charge in [0.05, 0.1) is 0 Å². The quantitative estimate of drug-likeness (QED) is 0.877. The van der Waals surface area contributed by atoms with Crippen LogP contribution in [-0.2, 0) is 0 Å². The van der Waals surface area contributed by atoms with E-state index in [0.717, 1.165) is 17.8 Å². The van der Waals surface area contributed by atoms with E-state index in [1.807, 2.05) is 30.3 Å². The molecule has 17 heavy (non-hydrogen) atoms. The molecule has 1 heterocycles. The summed E-state index contributed by atoms with van der Waals surface area (Å²) >= 11 is 0. The number of rotatable bonds is 3. The molecule has 1 atom stereocenters. The molecule has 0 saturated heterocycles. The fraction of sp³-hybridized carbons (Fsp3) is 0.308. The molecule has 0 amide bonds. The molecule has 0 aliphatic carbocycles. The van der Waals surface area contributed by atoms with Gasteiger partial charge in [0.15, 0.2) is 5.82 Å². The van der Waals surface area contributed by atoms with E-state index in [1.54, 1.807) is 0 Å². The van der Waals surface area contributed by atoms with Crippen LogP contribution in [0.5, 0.6) is 0 Å². The third-order valence-electron chi connectivity index (χ3n) is 2.76. The molecule has 1 aromatic heterocycles. The van der Waals surface area contributed by atoms with Gasteiger partial charge in [-0.2, -0.15) is 9.97 Å². The lowest BCUT2D eigenvalue weighted by atomic mass is 10.1. The van der Waals surface area contributed by atoms with Crippen molar-refractivity contribution < 1.29 is 0 Å². The molecule has 4 heteroatoms. The maximum Gasteiger partial charge on any atom is 0.223 e. The average molecular weight is 228 g/mol. The summed E-state index contributed by atoms with van der Waals surface area (Å²) in [5, 5.41) is 0. The molecule has 4 nitrogen and oxygen atoms in total. The second kappa shape index (κ2) is 4.91. The normalized spacial score (nSPS) is 12.4. The molecule has 0 saturated carbocycles. The first kappa shape index (κ1) is 11.5. The first-order valence-corrected chi connectivity index (χ1v) is 5.77. The molecule has 2 rings (SSSR count). The highest BCUT2D eigenvalue weighted by molar-refractivity contribution is 5.55. The van der Waals surface area contributed by atoms with Gasteiger partial charge in [-0.25, -0.2) is 4.98 Å². The Morgan fingerprint density at radius 2 is 1.82 bits per heavy atom. The third kappa shape index (κ3) is 2.58. The molecule has 1 aromatic carbocycles. The van der Waals surface area contributed by atoms with Crippen LogP contribution in [0, 0.1) is 0 Å². The Kier molecular flexibility index (Phi) is 3.32. The Hall–Kier alpha value is -1.97. The second-order valence-electron chi connectivity index (χ2n) is 4.05. The Morgan fingerprint density at radius 1 is 1.12 bits per heavy atom. The maximum absolute atomic E-state index is 5.73. The van der Waals surface area contributed by atoms with Crippen molar-refractivity contribution in [2.24, 2.45) is 0 Å². The van der Waals surface area contributed by atoms with Crippen LogP contribution >= 0.6 is 0 Å².